The Bertz CT molecular complexity index is 603. The van der Waals surface area contributed by atoms with Gasteiger partial charge in [-0.3, -0.25) is 0 Å². The van der Waals surface area contributed by atoms with Gasteiger partial charge in [-0.2, -0.15) is 0 Å². The smallest absolute Gasteiger partial charge is 0.125 e. The molecular formula is C17H19NOS2. The minimum atomic E-state index is 0.424. The summed E-state index contributed by atoms with van der Waals surface area (Å²) in [6.45, 7) is 4.72. The van der Waals surface area contributed by atoms with Crippen LogP contribution < -0.4 is 10.5 Å². The molecule has 0 unspecified atom stereocenters. The molecule has 2 aromatic carbocycles. The summed E-state index contributed by atoms with van der Waals surface area (Å²) < 4.78 is 5.92. The summed E-state index contributed by atoms with van der Waals surface area (Å²) in [5, 5.41) is 0. The Hall–Kier alpha value is -1.52. The van der Waals surface area contributed by atoms with Crippen molar-refractivity contribution in [3.63, 3.8) is 0 Å². The van der Waals surface area contributed by atoms with Crippen molar-refractivity contribution in [2.24, 2.45) is 5.73 Å². The van der Waals surface area contributed by atoms with Gasteiger partial charge in [0.25, 0.3) is 0 Å². The second-order valence-electron chi connectivity index (χ2n) is 4.81. The van der Waals surface area contributed by atoms with Gasteiger partial charge in [-0.25, -0.2) is 0 Å². The molecule has 4 heteroatoms. The van der Waals surface area contributed by atoms with Crippen molar-refractivity contribution in [1.29, 1.82) is 0 Å². The molecular weight excluding hydrogens is 298 g/mol. The van der Waals surface area contributed by atoms with E-state index in [4.69, 9.17) is 22.7 Å². The normalized spacial score (nSPS) is 10.4. The quantitative estimate of drug-likeness (QED) is 0.494. The molecule has 0 saturated carbocycles. The Morgan fingerprint density at radius 3 is 2.33 bits per heavy atom. The van der Waals surface area contributed by atoms with Gasteiger partial charge in [0.05, 0.1) is 6.61 Å². The Balaban J connectivity index is 1.93. The van der Waals surface area contributed by atoms with Crippen LogP contribution in [0.2, 0.25) is 0 Å². The van der Waals surface area contributed by atoms with Gasteiger partial charge < -0.3 is 10.5 Å². The van der Waals surface area contributed by atoms with Crippen molar-refractivity contribution in [2.45, 2.75) is 18.7 Å². The summed E-state index contributed by atoms with van der Waals surface area (Å²) in [6.07, 6.45) is 0. The van der Waals surface area contributed by atoms with E-state index in [2.05, 4.69) is 12.1 Å². The van der Waals surface area contributed by atoms with E-state index >= 15 is 0 Å². The van der Waals surface area contributed by atoms with Gasteiger partial charge in [0, 0.05) is 16.2 Å². The second-order valence-corrected chi connectivity index (χ2v) is 6.42. The molecule has 21 heavy (non-hydrogen) atoms. The summed E-state index contributed by atoms with van der Waals surface area (Å²) in [7, 11) is 0. The zero-order chi connectivity index (χ0) is 15.2. The SMILES string of the molecule is Cc1cc(C(N)=S)cc(C)c1OCCSc1ccccc1. The van der Waals surface area contributed by atoms with E-state index in [-0.39, 0.29) is 0 Å². The van der Waals surface area contributed by atoms with Crippen molar-refractivity contribution in [3.8, 4) is 5.75 Å². The second kappa shape index (κ2) is 7.48. The average molecular weight is 317 g/mol. The topological polar surface area (TPSA) is 35.2 Å². The number of nitrogens with two attached hydrogens (primary N) is 1. The number of hydrogen-bond acceptors (Lipinski definition) is 3. The summed E-state index contributed by atoms with van der Waals surface area (Å²) >= 11 is 6.81. The summed E-state index contributed by atoms with van der Waals surface area (Å²) in [6, 6.07) is 14.3. The van der Waals surface area contributed by atoms with Crippen molar-refractivity contribution in [3.05, 3.63) is 59.2 Å². The van der Waals surface area contributed by atoms with E-state index in [0.717, 1.165) is 28.2 Å². The van der Waals surface area contributed by atoms with E-state index in [1.807, 2.05) is 44.2 Å². The van der Waals surface area contributed by atoms with Crippen molar-refractivity contribution in [2.75, 3.05) is 12.4 Å². The highest BCUT2D eigenvalue weighted by Crippen LogP contribution is 2.25. The molecule has 0 aliphatic heterocycles. The van der Waals surface area contributed by atoms with Gasteiger partial charge in [-0.05, 0) is 49.2 Å². The van der Waals surface area contributed by atoms with Crippen LogP contribution in [0, 0.1) is 13.8 Å². The molecule has 0 aromatic heterocycles. The molecule has 0 spiro atoms. The molecule has 110 valence electrons. The van der Waals surface area contributed by atoms with Gasteiger partial charge in [-0.1, -0.05) is 30.4 Å². The van der Waals surface area contributed by atoms with Crippen LogP contribution >= 0.6 is 24.0 Å². The third-order valence-corrected chi connectivity index (χ3v) is 4.30. The zero-order valence-corrected chi connectivity index (χ0v) is 13.9. The van der Waals surface area contributed by atoms with E-state index in [1.165, 1.54) is 4.90 Å². The van der Waals surface area contributed by atoms with Crippen LogP contribution in [0.4, 0.5) is 0 Å². The third-order valence-electron chi connectivity index (χ3n) is 3.09. The first-order valence-corrected chi connectivity index (χ1v) is 8.19. The minimum Gasteiger partial charge on any atom is -0.492 e. The standard InChI is InChI=1S/C17H19NOS2/c1-12-10-14(17(18)20)11-13(2)16(12)19-8-9-21-15-6-4-3-5-7-15/h3-7,10-11H,8-9H2,1-2H3,(H2,18,20). The van der Waals surface area contributed by atoms with Gasteiger partial charge in [0.2, 0.25) is 0 Å². The van der Waals surface area contributed by atoms with Crippen LogP contribution in [-0.2, 0) is 0 Å². The highest BCUT2D eigenvalue weighted by molar-refractivity contribution is 7.99. The molecule has 2 rings (SSSR count). The summed E-state index contributed by atoms with van der Waals surface area (Å²) in [4.78, 5) is 1.69. The molecule has 0 saturated heterocycles. The number of hydrogen-bond donors (Lipinski definition) is 1. The monoisotopic (exact) mass is 317 g/mol. The van der Waals surface area contributed by atoms with Crippen LogP contribution in [0.25, 0.3) is 0 Å². The molecule has 2 N–H and O–H groups in total. The van der Waals surface area contributed by atoms with Crippen molar-refractivity contribution < 1.29 is 4.74 Å². The molecule has 2 aromatic rings. The van der Waals surface area contributed by atoms with Crippen molar-refractivity contribution in [1.82, 2.24) is 0 Å². The third kappa shape index (κ3) is 4.48. The highest BCUT2D eigenvalue weighted by atomic mass is 32.2. The maximum absolute atomic E-state index is 5.92. The van der Waals surface area contributed by atoms with Gasteiger partial charge >= 0.3 is 0 Å². The van der Waals surface area contributed by atoms with Crippen LogP contribution in [0.5, 0.6) is 5.75 Å². The number of ether oxygens (including phenoxy) is 1. The van der Waals surface area contributed by atoms with Crippen molar-refractivity contribution >= 4 is 29.0 Å². The highest BCUT2D eigenvalue weighted by Gasteiger charge is 2.08. The summed E-state index contributed by atoms with van der Waals surface area (Å²) in [5.41, 5.74) is 8.71. The van der Waals surface area contributed by atoms with E-state index in [9.17, 15) is 0 Å². The fraction of sp³-hybridized carbons (Fsp3) is 0.235. The number of thioether (sulfide) groups is 1. The van der Waals surface area contributed by atoms with Crippen LogP contribution in [-0.4, -0.2) is 17.3 Å². The Kier molecular flexibility index (Phi) is 5.65. The molecule has 0 aliphatic rings. The predicted molar refractivity (Wildman–Crippen MR) is 94.5 cm³/mol. The lowest BCUT2D eigenvalue weighted by atomic mass is 10.1. The number of thiocarbonyl (C=S) groups is 1. The van der Waals surface area contributed by atoms with Crippen LogP contribution in [0.1, 0.15) is 16.7 Å². The molecule has 0 radical (unpaired) electrons. The first-order chi connectivity index (χ1) is 10.1. The first kappa shape index (κ1) is 15.9. The molecule has 0 aliphatic carbocycles. The van der Waals surface area contributed by atoms with Crippen LogP contribution in [0.3, 0.4) is 0 Å². The van der Waals surface area contributed by atoms with Gasteiger partial charge in [0.15, 0.2) is 0 Å². The van der Waals surface area contributed by atoms with E-state index < -0.39 is 0 Å². The lowest BCUT2D eigenvalue weighted by Crippen LogP contribution is -2.11. The molecule has 0 fully saturated rings. The molecule has 0 heterocycles. The maximum atomic E-state index is 5.92. The number of benzene rings is 2. The molecule has 0 amide bonds. The average Bonchev–Trinajstić information content (AvgIpc) is 2.46. The summed E-state index contributed by atoms with van der Waals surface area (Å²) in [5.74, 6) is 1.85. The van der Waals surface area contributed by atoms with E-state index in [1.54, 1.807) is 11.8 Å². The zero-order valence-electron chi connectivity index (χ0n) is 12.3. The lowest BCUT2D eigenvalue weighted by molar-refractivity contribution is 0.339. The minimum absolute atomic E-state index is 0.424. The Morgan fingerprint density at radius 2 is 1.76 bits per heavy atom. The largest absolute Gasteiger partial charge is 0.492 e. The molecule has 2 nitrogen and oxygen atoms in total. The Labute approximate surface area is 135 Å². The lowest BCUT2D eigenvalue weighted by Gasteiger charge is -2.13. The molecule has 0 bridgehead atoms. The molecule has 0 atom stereocenters. The van der Waals surface area contributed by atoms with Gasteiger partial charge in [0.1, 0.15) is 10.7 Å². The fourth-order valence-electron chi connectivity index (χ4n) is 2.14. The van der Waals surface area contributed by atoms with Gasteiger partial charge in [-0.15, -0.1) is 11.8 Å². The first-order valence-electron chi connectivity index (χ1n) is 6.79. The van der Waals surface area contributed by atoms with E-state index in [0.29, 0.717) is 11.6 Å². The predicted octanol–water partition coefficient (Wildman–Crippen LogP) is 4.11. The van der Waals surface area contributed by atoms with Crippen LogP contribution in [0.15, 0.2) is 47.4 Å². The maximum Gasteiger partial charge on any atom is 0.125 e. The fourth-order valence-corrected chi connectivity index (χ4v) is 3.01. The number of rotatable bonds is 6. The number of aryl methyl sites for hydroxylation is 2. The Morgan fingerprint density at radius 1 is 1.14 bits per heavy atom.